The molecule has 0 radical (unpaired) electrons. The first-order chi connectivity index (χ1) is 15.1. The molecule has 1 aromatic heterocycles. The highest BCUT2D eigenvalue weighted by Gasteiger charge is 2.25. The van der Waals surface area contributed by atoms with E-state index in [1.54, 1.807) is 7.05 Å². The van der Waals surface area contributed by atoms with Crippen molar-refractivity contribution in [1.29, 1.82) is 0 Å². The van der Waals surface area contributed by atoms with Crippen molar-refractivity contribution in [3.8, 4) is 17.1 Å². The van der Waals surface area contributed by atoms with Crippen molar-refractivity contribution in [2.75, 3.05) is 13.7 Å². The summed E-state index contributed by atoms with van der Waals surface area (Å²) in [5.74, 6) is 1.28. The van der Waals surface area contributed by atoms with E-state index in [1.165, 1.54) is 11.1 Å². The van der Waals surface area contributed by atoms with Crippen molar-refractivity contribution < 1.29 is 13.9 Å². The summed E-state index contributed by atoms with van der Waals surface area (Å²) in [6.07, 6.45) is 2.50. The van der Waals surface area contributed by atoms with Crippen molar-refractivity contribution in [3.63, 3.8) is 0 Å². The molecule has 1 aliphatic heterocycles. The molecule has 0 atom stereocenters. The van der Waals surface area contributed by atoms with Crippen molar-refractivity contribution >= 4 is 16.9 Å². The molecule has 1 amide bonds. The van der Waals surface area contributed by atoms with Crippen LogP contribution in [0.1, 0.15) is 32.6 Å². The second kappa shape index (κ2) is 7.95. The van der Waals surface area contributed by atoms with E-state index >= 15 is 0 Å². The van der Waals surface area contributed by atoms with Gasteiger partial charge in [-0.25, -0.2) is 0 Å². The average molecular weight is 412 g/mol. The fraction of sp³-hybridized carbons (Fsp3) is 0.222. The Morgan fingerprint density at radius 3 is 2.48 bits per heavy atom. The minimum absolute atomic E-state index is 0.151. The Labute approximate surface area is 181 Å². The first kappa shape index (κ1) is 19.4. The molecular weight excluding hydrogens is 386 g/mol. The molecule has 1 aliphatic rings. The van der Waals surface area contributed by atoms with Crippen LogP contribution >= 0.6 is 0 Å². The molecule has 156 valence electrons. The van der Waals surface area contributed by atoms with Gasteiger partial charge < -0.3 is 14.5 Å². The maximum atomic E-state index is 13.0. The van der Waals surface area contributed by atoms with E-state index in [0.29, 0.717) is 23.5 Å². The van der Waals surface area contributed by atoms with Gasteiger partial charge in [-0.3, -0.25) is 4.79 Å². The van der Waals surface area contributed by atoms with Crippen LogP contribution in [-0.4, -0.2) is 19.6 Å². The predicted octanol–water partition coefficient (Wildman–Crippen LogP) is 5.49. The van der Waals surface area contributed by atoms with Gasteiger partial charge in [0.05, 0.1) is 12.2 Å². The number of hydrogen-bond donors (Lipinski definition) is 1. The molecule has 4 heteroatoms. The normalized spacial score (nSPS) is 13.4. The van der Waals surface area contributed by atoms with Crippen molar-refractivity contribution in [2.24, 2.45) is 0 Å². The van der Waals surface area contributed by atoms with Gasteiger partial charge in [0.15, 0.2) is 0 Å². The predicted molar refractivity (Wildman–Crippen MR) is 123 cm³/mol. The van der Waals surface area contributed by atoms with E-state index in [0.717, 1.165) is 47.1 Å². The van der Waals surface area contributed by atoms with E-state index < -0.39 is 0 Å². The summed E-state index contributed by atoms with van der Waals surface area (Å²) in [5.41, 5.74) is 6.96. The summed E-state index contributed by atoms with van der Waals surface area (Å²) in [6, 6.07) is 20.6. The van der Waals surface area contributed by atoms with E-state index in [1.807, 2.05) is 43.3 Å². The van der Waals surface area contributed by atoms with Crippen LogP contribution in [0.25, 0.3) is 22.3 Å². The Hall–Kier alpha value is -3.53. The number of rotatable bonds is 2. The first-order valence-corrected chi connectivity index (χ1v) is 10.7. The summed E-state index contributed by atoms with van der Waals surface area (Å²) in [5, 5.41) is 3.65. The van der Waals surface area contributed by atoms with Gasteiger partial charge in [-0.2, -0.15) is 0 Å². The SMILES string of the molecule is CNC(=O)c1c(-c2ccc(C)cc2)oc2ccc3c(c12)CCc1cccc(c1)CCO3. The average Bonchev–Trinajstić information content (AvgIpc) is 3.18. The standard InChI is InChI=1S/C27H25NO3/c1-17-6-9-20(10-7-17)26-25(27(29)28-2)24-21-11-8-18-4-3-5-19(16-18)14-15-30-22(21)12-13-23(24)31-26/h3-7,9-10,12-13,16H,8,11,14-15H2,1-2H3,(H,28,29). The monoisotopic (exact) mass is 411 g/mol. The molecule has 0 aliphatic carbocycles. The molecule has 0 spiro atoms. The van der Waals surface area contributed by atoms with E-state index in [9.17, 15) is 4.79 Å². The summed E-state index contributed by atoms with van der Waals surface area (Å²) in [4.78, 5) is 13.0. The number of carbonyl (C=O) groups excluding carboxylic acids is 1. The van der Waals surface area contributed by atoms with Crippen LogP contribution in [0.15, 0.2) is 65.1 Å². The molecule has 2 bridgehead atoms. The largest absolute Gasteiger partial charge is 0.493 e. The molecule has 0 saturated carbocycles. The van der Waals surface area contributed by atoms with Crippen LogP contribution in [0.4, 0.5) is 0 Å². The van der Waals surface area contributed by atoms with Gasteiger partial charge in [0.2, 0.25) is 0 Å². The Kier molecular flexibility index (Phi) is 4.99. The molecular formula is C27H25NO3. The highest BCUT2D eigenvalue weighted by Crippen LogP contribution is 2.40. The zero-order valence-corrected chi connectivity index (χ0v) is 17.8. The van der Waals surface area contributed by atoms with Gasteiger partial charge in [-0.05, 0) is 43.0 Å². The number of nitrogens with one attached hydrogen (secondary N) is 1. The van der Waals surface area contributed by atoms with Gasteiger partial charge in [0, 0.05) is 30.0 Å². The Balaban J connectivity index is 1.71. The number of hydrogen-bond acceptors (Lipinski definition) is 3. The molecule has 0 saturated heterocycles. The molecule has 1 N–H and O–H groups in total. The summed E-state index contributed by atoms with van der Waals surface area (Å²) in [7, 11) is 1.66. The molecule has 2 heterocycles. The lowest BCUT2D eigenvalue weighted by Gasteiger charge is -2.16. The van der Waals surface area contributed by atoms with Gasteiger partial charge in [-0.1, -0.05) is 54.1 Å². The maximum absolute atomic E-state index is 13.0. The van der Waals surface area contributed by atoms with E-state index in [2.05, 4.69) is 29.6 Å². The highest BCUT2D eigenvalue weighted by molar-refractivity contribution is 6.12. The number of amides is 1. The number of carbonyl (C=O) groups is 1. The van der Waals surface area contributed by atoms with Crippen molar-refractivity contribution in [2.45, 2.75) is 26.2 Å². The van der Waals surface area contributed by atoms with Crippen LogP contribution < -0.4 is 10.1 Å². The molecule has 3 aromatic carbocycles. The number of ether oxygens (including phenoxy) is 1. The van der Waals surface area contributed by atoms with Gasteiger partial charge >= 0.3 is 0 Å². The fourth-order valence-electron chi connectivity index (χ4n) is 4.36. The maximum Gasteiger partial charge on any atom is 0.255 e. The first-order valence-electron chi connectivity index (χ1n) is 10.7. The second-order valence-corrected chi connectivity index (χ2v) is 8.09. The van der Waals surface area contributed by atoms with Crippen molar-refractivity contribution in [1.82, 2.24) is 5.32 Å². The van der Waals surface area contributed by atoms with Crippen LogP contribution in [0.5, 0.6) is 5.75 Å². The summed E-state index contributed by atoms with van der Waals surface area (Å²) >= 11 is 0. The van der Waals surface area contributed by atoms with Crippen LogP contribution in [0.2, 0.25) is 0 Å². The lowest BCUT2D eigenvalue weighted by atomic mass is 9.95. The molecule has 0 fully saturated rings. The van der Waals surface area contributed by atoms with Gasteiger partial charge in [-0.15, -0.1) is 0 Å². The zero-order chi connectivity index (χ0) is 21.4. The number of furan rings is 1. The van der Waals surface area contributed by atoms with E-state index in [4.69, 9.17) is 9.15 Å². The topological polar surface area (TPSA) is 51.5 Å². The number of fused-ring (bicyclic) bond motifs is 5. The number of benzene rings is 3. The highest BCUT2D eigenvalue weighted by atomic mass is 16.5. The van der Waals surface area contributed by atoms with Crippen molar-refractivity contribution in [3.05, 3.63) is 88.5 Å². The van der Waals surface area contributed by atoms with Crippen LogP contribution in [-0.2, 0) is 19.3 Å². The van der Waals surface area contributed by atoms with Crippen LogP contribution in [0, 0.1) is 6.92 Å². The lowest BCUT2D eigenvalue weighted by molar-refractivity contribution is 0.0964. The molecule has 4 aromatic rings. The van der Waals surface area contributed by atoms with Crippen LogP contribution in [0.3, 0.4) is 0 Å². The minimum Gasteiger partial charge on any atom is -0.493 e. The quantitative estimate of drug-likeness (QED) is 0.475. The van der Waals surface area contributed by atoms with E-state index in [-0.39, 0.29) is 5.91 Å². The van der Waals surface area contributed by atoms with Gasteiger partial charge in [0.1, 0.15) is 17.1 Å². The molecule has 31 heavy (non-hydrogen) atoms. The Morgan fingerprint density at radius 2 is 1.71 bits per heavy atom. The third-order valence-electron chi connectivity index (χ3n) is 5.99. The smallest absolute Gasteiger partial charge is 0.255 e. The Bertz CT molecular complexity index is 1270. The number of aryl methyl sites for hydroxylation is 3. The van der Waals surface area contributed by atoms with Gasteiger partial charge in [0.25, 0.3) is 5.91 Å². The second-order valence-electron chi connectivity index (χ2n) is 8.09. The zero-order valence-electron chi connectivity index (χ0n) is 17.8. The molecule has 4 nitrogen and oxygen atoms in total. The fourth-order valence-corrected chi connectivity index (χ4v) is 4.36. The lowest BCUT2D eigenvalue weighted by Crippen LogP contribution is -2.18. The Morgan fingerprint density at radius 1 is 0.935 bits per heavy atom. The summed E-state index contributed by atoms with van der Waals surface area (Å²) < 4.78 is 12.5. The molecule has 0 unspecified atom stereocenters. The third-order valence-corrected chi connectivity index (χ3v) is 5.99. The molecule has 5 rings (SSSR count). The minimum atomic E-state index is -0.151. The third kappa shape index (κ3) is 3.59. The summed E-state index contributed by atoms with van der Waals surface area (Å²) in [6.45, 7) is 2.64.